The average Bonchev–Trinajstić information content (AvgIpc) is 2.41. The zero-order valence-electron chi connectivity index (χ0n) is 11.7. The van der Waals surface area contributed by atoms with Crippen LogP contribution in [-0.4, -0.2) is 37.4 Å². The first kappa shape index (κ1) is 13.9. The predicted octanol–water partition coefficient (Wildman–Crippen LogP) is 2.07. The van der Waals surface area contributed by atoms with E-state index < -0.39 is 0 Å². The SMILES string of the molecule is COC(=O)c1ccccc1N1CCC(O)C(C)(C)C1. The molecule has 1 fully saturated rings. The van der Waals surface area contributed by atoms with Gasteiger partial charge in [0.1, 0.15) is 0 Å². The number of carbonyl (C=O) groups excluding carboxylic acids is 1. The number of aliphatic hydroxyl groups excluding tert-OH is 1. The number of piperidine rings is 1. The number of rotatable bonds is 2. The van der Waals surface area contributed by atoms with Gasteiger partial charge in [0.15, 0.2) is 0 Å². The van der Waals surface area contributed by atoms with Crippen LogP contribution in [0.3, 0.4) is 0 Å². The summed E-state index contributed by atoms with van der Waals surface area (Å²) >= 11 is 0. The van der Waals surface area contributed by atoms with Crippen molar-refractivity contribution in [2.75, 3.05) is 25.1 Å². The number of para-hydroxylation sites is 1. The number of benzene rings is 1. The highest BCUT2D eigenvalue weighted by atomic mass is 16.5. The molecule has 1 aromatic rings. The summed E-state index contributed by atoms with van der Waals surface area (Å²) in [6, 6.07) is 7.46. The second-order valence-electron chi connectivity index (χ2n) is 5.72. The second kappa shape index (κ2) is 5.21. The summed E-state index contributed by atoms with van der Waals surface area (Å²) in [5.74, 6) is -0.320. The molecule has 1 aromatic carbocycles. The molecule has 0 amide bonds. The first-order valence-corrected chi connectivity index (χ1v) is 6.56. The van der Waals surface area contributed by atoms with Crippen LogP contribution in [0.1, 0.15) is 30.6 Å². The molecule has 4 heteroatoms. The van der Waals surface area contributed by atoms with Crippen LogP contribution in [0.15, 0.2) is 24.3 Å². The molecule has 1 heterocycles. The van der Waals surface area contributed by atoms with E-state index in [-0.39, 0.29) is 17.5 Å². The number of ether oxygens (including phenoxy) is 1. The molecule has 1 saturated heterocycles. The molecule has 4 nitrogen and oxygen atoms in total. The molecule has 0 aliphatic carbocycles. The summed E-state index contributed by atoms with van der Waals surface area (Å²) in [7, 11) is 1.39. The third-order valence-corrected chi connectivity index (χ3v) is 3.82. The molecule has 0 aromatic heterocycles. The van der Waals surface area contributed by atoms with Crippen LogP contribution >= 0.6 is 0 Å². The first-order valence-electron chi connectivity index (χ1n) is 6.56. The number of anilines is 1. The molecule has 0 bridgehead atoms. The van der Waals surface area contributed by atoms with Crippen LogP contribution in [0.5, 0.6) is 0 Å². The summed E-state index contributed by atoms with van der Waals surface area (Å²) in [5.41, 5.74) is 1.29. The Bertz CT molecular complexity index is 470. The zero-order valence-corrected chi connectivity index (χ0v) is 11.7. The Kier molecular flexibility index (Phi) is 3.80. The van der Waals surface area contributed by atoms with E-state index >= 15 is 0 Å². The highest BCUT2D eigenvalue weighted by molar-refractivity contribution is 5.95. The van der Waals surface area contributed by atoms with Gasteiger partial charge < -0.3 is 14.7 Å². The fourth-order valence-corrected chi connectivity index (χ4v) is 2.58. The van der Waals surface area contributed by atoms with Gasteiger partial charge in [-0.25, -0.2) is 4.79 Å². The molecule has 2 rings (SSSR count). The van der Waals surface area contributed by atoms with Crippen LogP contribution in [0.4, 0.5) is 5.69 Å². The van der Waals surface area contributed by atoms with Gasteiger partial charge in [-0.05, 0) is 18.6 Å². The normalized spacial score (nSPS) is 22.1. The Morgan fingerprint density at radius 2 is 2.11 bits per heavy atom. The Morgan fingerprint density at radius 3 is 2.74 bits per heavy atom. The first-order chi connectivity index (χ1) is 8.95. The van der Waals surface area contributed by atoms with Gasteiger partial charge >= 0.3 is 5.97 Å². The van der Waals surface area contributed by atoms with E-state index in [1.807, 2.05) is 32.0 Å². The molecule has 1 N–H and O–H groups in total. The van der Waals surface area contributed by atoms with Crippen molar-refractivity contribution < 1.29 is 14.6 Å². The Morgan fingerprint density at radius 1 is 1.42 bits per heavy atom. The van der Waals surface area contributed by atoms with Crippen molar-refractivity contribution in [1.29, 1.82) is 0 Å². The van der Waals surface area contributed by atoms with Crippen molar-refractivity contribution in [3.8, 4) is 0 Å². The lowest BCUT2D eigenvalue weighted by molar-refractivity contribution is 0.0335. The predicted molar refractivity (Wildman–Crippen MR) is 74.4 cm³/mol. The van der Waals surface area contributed by atoms with E-state index in [2.05, 4.69) is 4.90 Å². The van der Waals surface area contributed by atoms with Crippen molar-refractivity contribution in [2.24, 2.45) is 5.41 Å². The maximum atomic E-state index is 11.8. The quantitative estimate of drug-likeness (QED) is 0.830. The summed E-state index contributed by atoms with van der Waals surface area (Å²) < 4.78 is 4.83. The van der Waals surface area contributed by atoms with E-state index in [0.717, 1.165) is 18.8 Å². The molecule has 0 spiro atoms. The van der Waals surface area contributed by atoms with Crippen molar-refractivity contribution in [3.63, 3.8) is 0 Å². The van der Waals surface area contributed by atoms with Gasteiger partial charge in [0.25, 0.3) is 0 Å². The summed E-state index contributed by atoms with van der Waals surface area (Å²) in [5, 5.41) is 10.0. The minimum Gasteiger partial charge on any atom is -0.465 e. The maximum Gasteiger partial charge on any atom is 0.339 e. The third kappa shape index (κ3) is 2.73. The Labute approximate surface area is 114 Å². The van der Waals surface area contributed by atoms with Crippen LogP contribution in [0.2, 0.25) is 0 Å². The molecule has 1 unspecified atom stereocenters. The number of nitrogens with zero attached hydrogens (tertiary/aromatic N) is 1. The van der Waals surface area contributed by atoms with Crippen LogP contribution in [-0.2, 0) is 4.74 Å². The summed E-state index contributed by atoms with van der Waals surface area (Å²) in [6.07, 6.45) is 0.414. The molecule has 0 radical (unpaired) electrons. The molecule has 104 valence electrons. The number of carbonyl (C=O) groups is 1. The lowest BCUT2D eigenvalue weighted by atomic mass is 9.81. The van der Waals surface area contributed by atoms with Crippen molar-refractivity contribution in [1.82, 2.24) is 0 Å². The largest absolute Gasteiger partial charge is 0.465 e. The van der Waals surface area contributed by atoms with E-state index in [0.29, 0.717) is 12.0 Å². The van der Waals surface area contributed by atoms with Crippen LogP contribution in [0.25, 0.3) is 0 Å². The van der Waals surface area contributed by atoms with Gasteiger partial charge in [0.05, 0.1) is 24.5 Å². The molecule has 1 aliphatic rings. The van der Waals surface area contributed by atoms with Crippen molar-refractivity contribution in [3.05, 3.63) is 29.8 Å². The molecular formula is C15H21NO3. The second-order valence-corrected chi connectivity index (χ2v) is 5.72. The van der Waals surface area contributed by atoms with Gasteiger partial charge in [0, 0.05) is 18.5 Å². The van der Waals surface area contributed by atoms with Gasteiger partial charge in [0.2, 0.25) is 0 Å². The summed E-state index contributed by atoms with van der Waals surface area (Å²) in [4.78, 5) is 14.0. The number of methoxy groups -OCH3 is 1. The van der Waals surface area contributed by atoms with Crippen molar-refractivity contribution in [2.45, 2.75) is 26.4 Å². The smallest absolute Gasteiger partial charge is 0.339 e. The highest BCUT2D eigenvalue weighted by Gasteiger charge is 2.35. The fourth-order valence-electron chi connectivity index (χ4n) is 2.58. The fraction of sp³-hybridized carbons (Fsp3) is 0.533. The van der Waals surface area contributed by atoms with Gasteiger partial charge in [-0.15, -0.1) is 0 Å². The molecule has 0 saturated carbocycles. The minimum absolute atomic E-state index is 0.179. The van der Waals surface area contributed by atoms with Crippen molar-refractivity contribution >= 4 is 11.7 Å². The van der Waals surface area contributed by atoms with E-state index in [1.54, 1.807) is 6.07 Å². The Balaban J connectivity index is 2.30. The Hall–Kier alpha value is -1.55. The third-order valence-electron chi connectivity index (χ3n) is 3.82. The van der Waals surface area contributed by atoms with E-state index in [4.69, 9.17) is 4.74 Å². The monoisotopic (exact) mass is 263 g/mol. The zero-order chi connectivity index (χ0) is 14.0. The lowest BCUT2D eigenvalue weighted by Gasteiger charge is -2.43. The lowest BCUT2D eigenvalue weighted by Crippen LogP contribution is -2.49. The number of hydrogen-bond acceptors (Lipinski definition) is 4. The van der Waals surface area contributed by atoms with Crippen LogP contribution in [0, 0.1) is 5.41 Å². The molecule has 19 heavy (non-hydrogen) atoms. The van der Waals surface area contributed by atoms with E-state index in [9.17, 15) is 9.90 Å². The van der Waals surface area contributed by atoms with Gasteiger partial charge in [-0.3, -0.25) is 0 Å². The van der Waals surface area contributed by atoms with Crippen LogP contribution < -0.4 is 4.90 Å². The van der Waals surface area contributed by atoms with E-state index in [1.165, 1.54) is 7.11 Å². The molecule has 1 aliphatic heterocycles. The number of aliphatic hydroxyl groups is 1. The number of esters is 1. The van der Waals surface area contributed by atoms with Gasteiger partial charge in [-0.2, -0.15) is 0 Å². The number of hydrogen-bond donors (Lipinski definition) is 1. The highest BCUT2D eigenvalue weighted by Crippen LogP contribution is 2.33. The molecule has 1 atom stereocenters. The standard InChI is InChI=1S/C15H21NO3/c1-15(2)10-16(9-8-13(15)17)12-7-5-4-6-11(12)14(18)19-3/h4-7,13,17H,8-10H2,1-3H3. The molecular weight excluding hydrogens is 242 g/mol. The average molecular weight is 263 g/mol. The topological polar surface area (TPSA) is 49.8 Å². The maximum absolute atomic E-state index is 11.8. The van der Waals surface area contributed by atoms with Gasteiger partial charge in [-0.1, -0.05) is 26.0 Å². The minimum atomic E-state index is -0.320. The summed E-state index contributed by atoms with van der Waals surface area (Å²) in [6.45, 7) is 5.57.